The van der Waals surface area contributed by atoms with Gasteiger partial charge >= 0.3 is 0 Å². The molecule has 0 unspecified atom stereocenters. The van der Waals surface area contributed by atoms with E-state index in [2.05, 4.69) is 0 Å². The van der Waals surface area contributed by atoms with Gasteiger partial charge in [0.2, 0.25) is 0 Å². The van der Waals surface area contributed by atoms with E-state index in [1.54, 1.807) is 11.3 Å². The van der Waals surface area contributed by atoms with E-state index in [0.29, 0.717) is 0 Å². The van der Waals surface area contributed by atoms with Crippen LogP contribution >= 0.6 is 22.7 Å². The molecule has 2 heterocycles. The fourth-order valence-corrected chi connectivity index (χ4v) is 2.95. The standard InChI is InChI=1S/C7H5FS2/c1-4-6-5(2-3-9-6)10-7(4)8/h2-3H,1H3. The molecule has 0 saturated heterocycles. The van der Waals surface area contributed by atoms with Crippen molar-refractivity contribution in [3.05, 3.63) is 22.1 Å². The number of hydrogen-bond acceptors (Lipinski definition) is 2. The highest BCUT2D eigenvalue weighted by atomic mass is 32.1. The van der Waals surface area contributed by atoms with Crippen LogP contribution in [-0.2, 0) is 0 Å². The molecule has 52 valence electrons. The van der Waals surface area contributed by atoms with E-state index >= 15 is 0 Å². The normalized spacial score (nSPS) is 11.0. The zero-order chi connectivity index (χ0) is 7.14. The largest absolute Gasteiger partial charge is 0.195 e. The molecule has 0 aliphatic heterocycles. The maximum Gasteiger partial charge on any atom is 0.181 e. The molecule has 0 atom stereocenters. The molecular weight excluding hydrogens is 167 g/mol. The van der Waals surface area contributed by atoms with Crippen molar-refractivity contribution < 1.29 is 4.39 Å². The van der Waals surface area contributed by atoms with Crippen molar-refractivity contribution in [1.29, 1.82) is 0 Å². The lowest BCUT2D eigenvalue weighted by Crippen LogP contribution is -1.65. The van der Waals surface area contributed by atoms with Crippen LogP contribution in [-0.4, -0.2) is 0 Å². The molecule has 2 aromatic rings. The summed E-state index contributed by atoms with van der Waals surface area (Å²) in [5, 5.41) is 1.95. The van der Waals surface area contributed by atoms with Gasteiger partial charge in [0.25, 0.3) is 0 Å². The number of hydrogen-bond donors (Lipinski definition) is 0. The van der Waals surface area contributed by atoms with E-state index in [1.165, 1.54) is 11.3 Å². The number of halogens is 1. The molecule has 0 fully saturated rings. The van der Waals surface area contributed by atoms with Gasteiger partial charge in [0.05, 0.1) is 4.70 Å². The topological polar surface area (TPSA) is 0 Å². The monoisotopic (exact) mass is 172 g/mol. The Morgan fingerprint density at radius 1 is 1.50 bits per heavy atom. The molecular formula is C7H5FS2. The SMILES string of the molecule is Cc1c(F)sc2ccsc12. The van der Waals surface area contributed by atoms with Crippen LogP contribution < -0.4 is 0 Å². The summed E-state index contributed by atoms with van der Waals surface area (Å²) < 4.78 is 15.0. The van der Waals surface area contributed by atoms with Gasteiger partial charge in [0, 0.05) is 10.3 Å². The maximum atomic E-state index is 12.8. The van der Waals surface area contributed by atoms with Gasteiger partial charge in [-0.15, -0.1) is 22.7 Å². The van der Waals surface area contributed by atoms with Crippen LogP contribution in [0.1, 0.15) is 5.56 Å². The number of aryl methyl sites for hydroxylation is 1. The first-order valence-electron chi connectivity index (χ1n) is 2.91. The van der Waals surface area contributed by atoms with Crippen LogP contribution in [0.5, 0.6) is 0 Å². The Hall–Kier alpha value is -0.410. The second-order valence-electron chi connectivity index (χ2n) is 2.11. The first kappa shape index (κ1) is 6.31. The Balaban J connectivity index is 2.95. The van der Waals surface area contributed by atoms with Crippen LogP contribution in [0.25, 0.3) is 9.40 Å². The van der Waals surface area contributed by atoms with Crippen molar-refractivity contribution in [2.45, 2.75) is 6.92 Å². The third kappa shape index (κ3) is 0.707. The van der Waals surface area contributed by atoms with E-state index in [4.69, 9.17) is 0 Å². The molecule has 0 saturated carbocycles. The molecule has 0 bridgehead atoms. The van der Waals surface area contributed by atoms with Crippen molar-refractivity contribution in [3.8, 4) is 0 Å². The van der Waals surface area contributed by atoms with Crippen molar-refractivity contribution in [2.75, 3.05) is 0 Å². The lowest BCUT2D eigenvalue weighted by atomic mass is 10.3. The summed E-state index contributed by atoms with van der Waals surface area (Å²) in [6, 6.07) is 1.96. The second kappa shape index (κ2) is 2.04. The van der Waals surface area contributed by atoms with Crippen LogP contribution in [0.15, 0.2) is 11.4 Å². The van der Waals surface area contributed by atoms with Crippen molar-refractivity contribution in [3.63, 3.8) is 0 Å². The van der Waals surface area contributed by atoms with Gasteiger partial charge < -0.3 is 0 Å². The molecule has 3 heteroatoms. The summed E-state index contributed by atoms with van der Waals surface area (Å²) in [5.74, 6) is 0. The minimum atomic E-state index is -0.0400. The highest BCUT2D eigenvalue weighted by Gasteiger charge is 2.07. The molecule has 0 N–H and O–H groups in total. The van der Waals surface area contributed by atoms with Crippen LogP contribution in [0.3, 0.4) is 0 Å². The summed E-state index contributed by atoms with van der Waals surface area (Å²) >= 11 is 2.83. The Labute approximate surface area is 65.9 Å². The van der Waals surface area contributed by atoms with E-state index in [-0.39, 0.29) is 5.13 Å². The van der Waals surface area contributed by atoms with Crippen LogP contribution in [0.4, 0.5) is 4.39 Å². The number of thiophene rings is 2. The van der Waals surface area contributed by atoms with E-state index in [1.807, 2.05) is 18.4 Å². The first-order valence-corrected chi connectivity index (χ1v) is 4.61. The highest BCUT2D eigenvalue weighted by Crippen LogP contribution is 2.32. The summed E-state index contributed by atoms with van der Waals surface area (Å²) in [6.45, 7) is 1.82. The third-order valence-electron chi connectivity index (χ3n) is 1.46. The zero-order valence-electron chi connectivity index (χ0n) is 5.35. The highest BCUT2D eigenvalue weighted by molar-refractivity contribution is 7.26. The Kier molecular flexibility index (Phi) is 1.28. The van der Waals surface area contributed by atoms with Gasteiger partial charge in [-0.05, 0) is 18.4 Å². The lowest BCUT2D eigenvalue weighted by molar-refractivity contribution is 0.650. The summed E-state index contributed by atoms with van der Waals surface area (Å²) in [4.78, 5) is 0. The smallest absolute Gasteiger partial charge is 0.181 e. The zero-order valence-corrected chi connectivity index (χ0v) is 6.98. The number of fused-ring (bicyclic) bond motifs is 1. The molecule has 0 aliphatic carbocycles. The second-order valence-corrected chi connectivity index (χ2v) is 4.03. The third-order valence-corrected chi connectivity index (χ3v) is 3.67. The summed E-state index contributed by atoms with van der Waals surface area (Å²) in [6.07, 6.45) is 0. The van der Waals surface area contributed by atoms with Crippen LogP contribution in [0.2, 0.25) is 0 Å². The van der Waals surface area contributed by atoms with Gasteiger partial charge in [0.15, 0.2) is 5.13 Å². The maximum absolute atomic E-state index is 12.8. The summed E-state index contributed by atoms with van der Waals surface area (Å²) in [5.41, 5.74) is 0.801. The number of rotatable bonds is 0. The molecule has 0 amide bonds. The molecule has 0 aromatic carbocycles. The molecule has 0 spiro atoms. The van der Waals surface area contributed by atoms with Gasteiger partial charge in [-0.1, -0.05) is 0 Å². The first-order chi connectivity index (χ1) is 4.79. The van der Waals surface area contributed by atoms with Crippen molar-refractivity contribution in [1.82, 2.24) is 0 Å². The van der Waals surface area contributed by atoms with E-state index in [0.717, 1.165) is 15.0 Å². The average Bonchev–Trinajstić information content (AvgIpc) is 2.41. The Bertz CT molecular complexity index is 358. The predicted octanol–water partition coefficient (Wildman–Crippen LogP) is 3.41. The van der Waals surface area contributed by atoms with Crippen LogP contribution in [0, 0.1) is 12.1 Å². The average molecular weight is 172 g/mol. The molecule has 2 aromatic heterocycles. The fraction of sp³-hybridized carbons (Fsp3) is 0.143. The Morgan fingerprint density at radius 2 is 2.30 bits per heavy atom. The predicted molar refractivity (Wildman–Crippen MR) is 44.4 cm³/mol. The lowest BCUT2D eigenvalue weighted by Gasteiger charge is -1.79. The molecule has 0 aliphatic rings. The fourth-order valence-electron chi connectivity index (χ4n) is 0.914. The molecule has 10 heavy (non-hydrogen) atoms. The molecule has 0 radical (unpaired) electrons. The van der Waals surface area contributed by atoms with E-state index in [9.17, 15) is 4.39 Å². The van der Waals surface area contributed by atoms with Crippen molar-refractivity contribution >= 4 is 32.1 Å². The minimum absolute atomic E-state index is 0.0400. The minimum Gasteiger partial charge on any atom is -0.195 e. The van der Waals surface area contributed by atoms with Gasteiger partial charge in [-0.3, -0.25) is 0 Å². The van der Waals surface area contributed by atoms with E-state index < -0.39 is 0 Å². The van der Waals surface area contributed by atoms with Gasteiger partial charge in [0.1, 0.15) is 0 Å². The molecule has 0 nitrogen and oxygen atoms in total. The summed E-state index contributed by atoms with van der Waals surface area (Å²) in [7, 11) is 0. The van der Waals surface area contributed by atoms with Gasteiger partial charge in [-0.2, -0.15) is 4.39 Å². The Morgan fingerprint density at radius 3 is 3.00 bits per heavy atom. The molecule has 2 rings (SSSR count). The van der Waals surface area contributed by atoms with Crippen molar-refractivity contribution in [2.24, 2.45) is 0 Å². The quantitative estimate of drug-likeness (QED) is 0.571. The van der Waals surface area contributed by atoms with Gasteiger partial charge in [-0.25, -0.2) is 0 Å².